The van der Waals surface area contributed by atoms with Gasteiger partial charge in [0.1, 0.15) is 11.5 Å². The number of furan rings is 1. The smallest absolute Gasteiger partial charge is 0.106 e. The number of nitrogens with two attached hydrogens (primary N) is 1. The number of pyridine rings is 1. The molecule has 0 bridgehead atoms. The van der Waals surface area contributed by atoms with E-state index in [0.29, 0.717) is 5.92 Å². The lowest BCUT2D eigenvalue weighted by molar-refractivity contribution is 0.432. The average molecular weight is 271 g/mol. The highest BCUT2D eigenvalue weighted by atomic mass is 16.3. The Morgan fingerprint density at radius 3 is 2.80 bits per heavy atom. The topological polar surface area (TPSA) is 64.1 Å². The largest absolute Gasteiger partial charge is 0.466 e. The number of hydrogen-bond donors (Lipinski definition) is 2. The Morgan fingerprint density at radius 1 is 1.35 bits per heavy atom. The van der Waals surface area contributed by atoms with Crippen LogP contribution in [0.5, 0.6) is 0 Å². The summed E-state index contributed by atoms with van der Waals surface area (Å²) >= 11 is 0. The van der Waals surface area contributed by atoms with Gasteiger partial charge in [-0.1, -0.05) is 6.07 Å². The summed E-state index contributed by atoms with van der Waals surface area (Å²) in [7, 11) is 0. The van der Waals surface area contributed by atoms with Gasteiger partial charge in [0.25, 0.3) is 0 Å². The van der Waals surface area contributed by atoms with E-state index in [1.165, 1.54) is 22.4 Å². The third-order valence-electron chi connectivity index (χ3n) is 4.51. The van der Waals surface area contributed by atoms with Crippen LogP contribution in [0.4, 0.5) is 0 Å². The predicted molar refractivity (Wildman–Crippen MR) is 78.3 cm³/mol. The van der Waals surface area contributed by atoms with E-state index in [4.69, 9.17) is 10.3 Å². The fourth-order valence-corrected chi connectivity index (χ4v) is 3.44. The van der Waals surface area contributed by atoms with Gasteiger partial charge >= 0.3 is 0 Å². The third-order valence-corrected chi connectivity index (χ3v) is 4.51. The molecule has 0 aliphatic heterocycles. The van der Waals surface area contributed by atoms with Crippen LogP contribution >= 0.6 is 0 Å². The summed E-state index contributed by atoms with van der Waals surface area (Å²) in [6.07, 6.45) is 4.01. The molecule has 2 aromatic rings. The van der Waals surface area contributed by atoms with Crippen molar-refractivity contribution in [3.63, 3.8) is 0 Å². The van der Waals surface area contributed by atoms with Crippen molar-refractivity contribution in [2.45, 2.75) is 45.6 Å². The van der Waals surface area contributed by atoms with E-state index in [9.17, 15) is 0 Å². The zero-order valence-corrected chi connectivity index (χ0v) is 12.2. The normalized spacial score (nSPS) is 19.1. The van der Waals surface area contributed by atoms with Crippen LogP contribution < -0.4 is 11.3 Å². The maximum absolute atomic E-state index is 5.87. The van der Waals surface area contributed by atoms with Gasteiger partial charge in [-0.15, -0.1) is 0 Å². The second-order valence-corrected chi connectivity index (χ2v) is 5.59. The molecule has 2 atom stereocenters. The molecule has 0 amide bonds. The van der Waals surface area contributed by atoms with E-state index in [-0.39, 0.29) is 6.04 Å². The lowest BCUT2D eigenvalue weighted by Crippen LogP contribution is -2.32. The van der Waals surface area contributed by atoms with Gasteiger partial charge in [0.05, 0.1) is 6.04 Å². The van der Waals surface area contributed by atoms with Gasteiger partial charge in [-0.3, -0.25) is 16.3 Å². The quantitative estimate of drug-likeness (QED) is 0.665. The zero-order valence-electron chi connectivity index (χ0n) is 12.2. The van der Waals surface area contributed by atoms with Crippen LogP contribution in [0.15, 0.2) is 22.7 Å². The summed E-state index contributed by atoms with van der Waals surface area (Å²) in [5.74, 6) is 8.10. The van der Waals surface area contributed by atoms with Crippen LogP contribution in [0.25, 0.3) is 0 Å². The van der Waals surface area contributed by atoms with Gasteiger partial charge < -0.3 is 4.42 Å². The van der Waals surface area contributed by atoms with Gasteiger partial charge in [-0.05, 0) is 50.8 Å². The van der Waals surface area contributed by atoms with Gasteiger partial charge in [-0.25, -0.2) is 0 Å². The summed E-state index contributed by atoms with van der Waals surface area (Å²) in [5, 5.41) is 0. The number of hydrazine groups is 1. The van der Waals surface area contributed by atoms with Gasteiger partial charge in [-0.2, -0.15) is 0 Å². The van der Waals surface area contributed by atoms with E-state index in [1.54, 1.807) is 0 Å². The SMILES string of the molecule is Cc1oc(C)c(C(NN)C2CCc3cccnc32)c1C. The van der Waals surface area contributed by atoms with Crippen LogP contribution in [0.2, 0.25) is 0 Å². The molecule has 1 aliphatic rings. The Labute approximate surface area is 119 Å². The van der Waals surface area contributed by atoms with Crippen molar-refractivity contribution < 1.29 is 4.42 Å². The van der Waals surface area contributed by atoms with E-state index in [1.807, 2.05) is 26.1 Å². The average Bonchev–Trinajstić information content (AvgIpc) is 2.97. The number of fused-ring (bicyclic) bond motifs is 1. The monoisotopic (exact) mass is 271 g/mol. The molecule has 0 saturated heterocycles. The zero-order chi connectivity index (χ0) is 14.3. The van der Waals surface area contributed by atoms with Crippen molar-refractivity contribution in [3.8, 4) is 0 Å². The number of aryl methyl sites for hydroxylation is 3. The number of nitrogens with one attached hydrogen (secondary N) is 1. The molecule has 4 heteroatoms. The van der Waals surface area contributed by atoms with Crippen LogP contribution in [0, 0.1) is 20.8 Å². The van der Waals surface area contributed by atoms with E-state index < -0.39 is 0 Å². The molecule has 2 unspecified atom stereocenters. The Hall–Kier alpha value is -1.65. The van der Waals surface area contributed by atoms with E-state index >= 15 is 0 Å². The van der Waals surface area contributed by atoms with Crippen molar-refractivity contribution in [1.82, 2.24) is 10.4 Å². The van der Waals surface area contributed by atoms with Crippen molar-refractivity contribution >= 4 is 0 Å². The lowest BCUT2D eigenvalue weighted by atomic mass is 9.89. The second-order valence-electron chi connectivity index (χ2n) is 5.59. The highest BCUT2D eigenvalue weighted by Gasteiger charge is 2.34. The van der Waals surface area contributed by atoms with Crippen molar-refractivity contribution in [3.05, 3.63) is 52.2 Å². The summed E-state index contributed by atoms with van der Waals surface area (Å²) < 4.78 is 5.76. The molecule has 3 N–H and O–H groups in total. The predicted octanol–water partition coefficient (Wildman–Crippen LogP) is 2.83. The molecular weight excluding hydrogens is 250 g/mol. The van der Waals surface area contributed by atoms with Crippen molar-refractivity contribution in [2.24, 2.45) is 5.84 Å². The van der Waals surface area contributed by atoms with Crippen LogP contribution in [0.1, 0.15) is 52.3 Å². The fourth-order valence-electron chi connectivity index (χ4n) is 3.44. The van der Waals surface area contributed by atoms with Gasteiger partial charge in [0.15, 0.2) is 0 Å². The standard InChI is InChI=1S/C16H21N3O/c1-9-10(2)20-11(3)14(9)16(19-17)13-7-6-12-5-4-8-18-15(12)13/h4-5,8,13,16,19H,6-7,17H2,1-3H3. The van der Waals surface area contributed by atoms with Crippen molar-refractivity contribution in [1.29, 1.82) is 0 Å². The highest BCUT2D eigenvalue weighted by molar-refractivity contribution is 5.39. The minimum Gasteiger partial charge on any atom is -0.466 e. The van der Waals surface area contributed by atoms with Crippen LogP contribution in [-0.2, 0) is 6.42 Å². The van der Waals surface area contributed by atoms with Crippen LogP contribution in [-0.4, -0.2) is 4.98 Å². The molecule has 2 aromatic heterocycles. The molecule has 0 aromatic carbocycles. The summed E-state index contributed by atoms with van der Waals surface area (Å²) in [6.45, 7) is 6.11. The number of rotatable bonds is 3. The van der Waals surface area contributed by atoms with Crippen molar-refractivity contribution in [2.75, 3.05) is 0 Å². The first kappa shape index (κ1) is 13.3. The minimum atomic E-state index is 0.0589. The Kier molecular flexibility index (Phi) is 3.36. The first-order chi connectivity index (χ1) is 9.63. The maximum atomic E-state index is 5.87. The molecule has 2 heterocycles. The van der Waals surface area contributed by atoms with Gasteiger partial charge in [0.2, 0.25) is 0 Å². The Bertz CT molecular complexity index is 633. The number of hydrogen-bond acceptors (Lipinski definition) is 4. The number of nitrogens with zero attached hydrogens (tertiary/aromatic N) is 1. The molecule has 1 aliphatic carbocycles. The van der Waals surface area contributed by atoms with E-state index in [2.05, 4.69) is 23.4 Å². The Balaban J connectivity index is 2.04. The summed E-state index contributed by atoms with van der Waals surface area (Å²) in [5.41, 5.74) is 7.89. The second kappa shape index (κ2) is 5.04. The molecule has 20 heavy (non-hydrogen) atoms. The molecule has 4 nitrogen and oxygen atoms in total. The highest BCUT2D eigenvalue weighted by Crippen LogP contribution is 2.42. The molecule has 0 fully saturated rings. The molecule has 106 valence electrons. The minimum absolute atomic E-state index is 0.0589. The summed E-state index contributed by atoms with van der Waals surface area (Å²) in [6, 6.07) is 4.23. The lowest BCUT2D eigenvalue weighted by Gasteiger charge is -2.23. The summed E-state index contributed by atoms with van der Waals surface area (Å²) in [4.78, 5) is 4.58. The molecule has 0 spiro atoms. The van der Waals surface area contributed by atoms with Gasteiger partial charge in [0, 0.05) is 23.4 Å². The molecule has 0 radical (unpaired) electrons. The third kappa shape index (κ3) is 1.96. The number of aromatic nitrogens is 1. The first-order valence-electron chi connectivity index (χ1n) is 7.10. The molecule has 3 rings (SSSR count). The first-order valence-corrected chi connectivity index (χ1v) is 7.10. The van der Waals surface area contributed by atoms with Crippen LogP contribution in [0.3, 0.4) is 0 Å². The fraction of sp³-hybridized carbons (Fsp3) is 0.438. The molecular formula is C16H21N3O. The molecule has 0 saturated carbocycles. The van der Waals surface area contributed by atoms with E-state index in [0.717, 1.165) is 24.4 Å². The maximum Gasteiger partial charge on any atom is 0.106 e. The Morgan fingerprint density at radius 2 is 2.15 bits per heavy atom.